The molecule has 5 nitrogen and oxygen atoms in total. The lowest BCUT2D eigenvalue weighted by atomic mass is 9.86. The van der Waals surface area contributed by atoms with E-state index < -0.39 is 5.54 Å². The van der Waals surface area contributed by atoms with Crippen molar-refractivity contribution in [2.45, 2.75) is 5.54 Å². The highest BCUT2D eigenvalue weighted by Crippen LogP contribution is 2.40. The van der Waals surface area contributed by atoms with E-state index in [0.717, 1.165) is 16.2 Å². The number of carbonyl (C=O) groups excluding carboxylic acids is 1. The lowest BCUT2D eigenvalue weighted by molar-refractivity contribution is 0.0975. The molecule has 3 rings (SSSR count). The largest absolute Gasteiger partial charge is 0.396 e. The second-order valence-electron chi connectivity index (χ2n) is 6.71. The van der Waals surface area contributed by atoms with Crippen LogP contribution in [0.5, 0.6) is 0 Å². The van der Waals surface area contributed by atoms with Crippen LogP contribution in [0.2, 0.25) is 0 Å². The molecule has 148 valence electrons. The number of nitrogens with one attached hydrogen (secondary N) is 2. The van der Waals surface area contributed by atoms with Crippen molar-refractivity contribution in [1.82, 2.24) is 15.5 Å². The van der Waals surface area contributed by atoms with Gasteiger partial charge >= 0.3 is 0 Å². The Morgan fingerprint density at radius 1 is 1.39 bits per heavy atom. The summed E-state index contributed by atoms with van der Waals surface area (Å²) in [5.74, 6) is -0.552. The summed E-state index contributed by atoms with van der Waals surface area (Å²) in [4.78, 5) is 15.3. The average molecular weight is 420 g/mol. The number of hydrogen-bond donors (Lipinski definition) is 3. The zero-order chi connectivity index (χ0) is 20.1. The fourth-order valence-electron chi connectivity index (χ4n) is 3.58. The van der Waals surface area contributed by atoms with E-state index in [-0.39, 0.29) is 28.7 Å². The molecular formula is C20H22FN3O2S2. The Labute approximate surface area is 172 Å². The minimum absolute atomic E-state index is 0.102. The van der Waals surface area contributed by atoms with Crippen LogP contribution in [0.15, 0.2) is 55.1 Å². The zero-order valence-electron chi connectivity index (χ0n) is 15.2. The number of carbonyl (C=O) groups is 1. The first-order valence-corrected chi connectivity index (χ1v) is 10.1. The van der Waals surface area contributed by atoms with Gasteiger partial charge in [-0.1, -0.05) is 24.3 Å². The van der Waals surface area contributed by atoms with E-state index in [9.17, 15) is 14.3 Å². The molecule has 0 bridgehead atoms. The van der Waals surface area contributed by atoms with Crippen LogP contribution in [-0.2, 0) is 5.54 Å². The predicted octanol–water partition coefficient (Wildman–Crippen LogP) is 2.50. The molecule has 2 atom stereocenters. The second kappa shape index (κ2) is 8.91. The molecule has 0 radical (unpaired) electrons. The smallest absolute Gasteiger partial charge is 0.257 e. The van der Waals surface area contributed by atoms with E-state index in [2.05, 4.69) is 22.1 Å². The molecule has 1 aliphatic heterocycles. The first kappa shape index (κ1) is 20.6. The molecule has 0 aliphatic carbocycles. The molecule has 1 fully saturated rings. The minimum Gasteiger partial charge on any atom is -0.396 e. The van der Waals surface area contributed by atoms with Gasteiger partial charge in [-0.3, -0.25) is 15.0 Å². The molecule has 0 saturated carbocycles. The number of amides is 1. The van der Waals surface area contributed by atoms with E-state index in [1.807, 2.05) is 6.07 Å². The fraction of sp³-hybridized carbons (Fsp3) is 0.300. The van der Waals surface area contributed by atoms with Crippen LogP contribution in [0.3, 0.4) is 0 Å². The van der Waals surface area contributed by atoms with Crippen LogP contribution in [-0.4, -0.2) is 47.3 Å². The Balaban J connectivity index is 1.84. The Bertz CT molecular complexity index is 858. The molecule has 1 aromatic heterocycles. The molecule has 1 aromatic carbocycles. The van der Waals surface area contributed by atoms with Crippen molar-refractivity contribution in [3.63, 3.8) is 0 Å². The summed E-state index contributed by atoms with van der Waals surface area (Å²) in [5.41, 5.74) is -0.311. The number of aliphatic hydroxyl groups is 1. The number of rotatable bonds is 6. The van der Waals surface area contributed by atoms with E-state index in [1.54, 1.807) is 36.4 Å². The highest BCUT2D eigenvalue weighted by Gasteiger charge is 2.49. The lowest BCUT2D eigenvalue weighted by Crippen LogP contribution is -2.55. The summed E-state index contributed by atoms with van der Waals surface area (Å²) in [6.07, 6.45) is 1.79. The fourth-order valence-corrected chi connectivity index (χ4v) is 4.81. The third kappa shape index (κ3) is 4.30. The number of thiocarbonyl (C=S) groups is 1. The van der Waals surface area contributed by atoms with Crippen LogP contribution in [0.25, 0.3) is 0 Å². The van der Waals surface area contributed by atoms with Crippen molar-refractivity contribution >= 4 is 34.6 Å². The van der Waals surface area contributed by atoms with Gasteiger partial charge in [-0.05, 0) is 36.5 Å². The monoisotopic (exact) mass is 419 g/mol. The Kier molecular flexibility index (Phi) is 6.56. The van der Waals surface area contributed by atoms with Gasteiger partial charge in [0, 0.05) is 42.6 Å². The van der Waals surface area contributed by atoms with Crippen LogP contribution >= 0.6 is 23.6 Å². The van der Waals surface area contributed by atoms with Gasteiger partial charge in [0.25, 0.3) is 5.91 Å². The van der Waals surface area contributed by atoms with Gasteiger partial charge in [0.15, 0.2) is 10.2 Å². The number of thiophene rings is 1. The first-order chi connectivity index (χ1) is 13.5. The third-order valence-corrected chi connectivity index (χ3v) is 6.12. The summed E-state index contributed by atoms with van der Waals surface area (Å²) >= 11 is 6.41. The lowest BCUT2D eigenvalue weighted by Gasteiger charge is -2.35. The topological polar surface area (TPSA) is 64.6 Å². The van der Waals surface area contributed by atoms with E-state index in [1.165, 1.54) is 6.07 Å². The Hall–Kier alpha value is -2.13. The SMILES string of the molecule is C=CCN1CC(CO)C(NC(=S)NC(=O)c2ccccc2)(c2ccc(F)s2)C1. The molecule has 2 heterocycles. The van der Waals surface area contributed by atoms with Crippen LogP contribution in [0.4, 0.5) is 4.39 Å². The van der Waals surface area contributed by atoms with E-state index in [0.29, 0.717) is 25.2 Å². The predicted molar refractivity (Wildman–Crippen MR) is 113 cm³/mol. The maximum Gasteiger partial charge on any atom is 0.257 e. The number of likely N-dealkylation sites (tertiary alicyclic amines) is 1. The summed E-state index contributed by atoms with van der Waals surface area (Å²) in [6.45, 7) is 5.41. The molecule has 0 spiro atoms. The van der Waals surface area contributed by atoms with Crippen molar-refractivity contribution in [2.75, 3.05) is 26.2 Å². The van der Waals surface area contributed by atoms with Crippen molar-refractivity contribution in [3.8, 4) is 0 Å². The number of nitrogens with zero attached hydrogens (tertiary/aromatic N) is 1. The van der Waals surface area contributed by atoms with Crippen molar-refractivity contribution in [1.29, 1.82) is 0 Å². The highest BCUT2D eigenvalue weighted by atomic mass is 32.1. The quantitative estimate of drug-likeness (QED) is 0.496. The summed E-state index contributed by atoms with van der Waals surface area (Å²) < 4.78 is 13.8. The number of benzene rings is 1. The number of hydrogen-bond acceptors (Lipinski definition) is 5. The molecule has 2 aromatic rings. The molecule has 1 aliphatic rings. The zero-order valence-corrected chi connectivity index (χ0v) is 16.9. The van der Waals surface area contributed by atoms with Gasteiger partial charge in [-0.2, -0.15) is 4.39 Å². The van der Waals surface area contributed by atoms with Gasteiger partial charge in [0.05, 0.1) is 5.54 Å². The molecule has 8 heteroatoms. The third-order valence-electron chi connectivity index (χ3n) is 4.87. The van der Waals surface area contributed by atoms with Crippen LogP contribution in [0, 0.1) is 11.0 Å². The maximum atomic E-state index is 13.8. The summed E-state index contributed by atoms with van der Waals surface area (Å²) in [7, 11) is 0. The van der Waals surface area contributed by atoms with E-state index in [4.69, 9.17) is 12.2 Å². The van der Waals surface area contributed by atoms with Gasteiger partial charge in [-0.25, -0.2) is 0 Å². The van der Waals surface area contributed by atoms with Crippen molar-refractivity contribution < 1.29 is 14.3 Å². The second-order valence-corrected chi connectivity index (χ2v) is 8.15. The van der Waals surface area contributed by atoms with Gasteiger partial charge < -0.3 is 10.4 Å². The summed E-state index contributed by atoms with van der Waals surface area (Å²) in [5, 5.41) is 15.8. The molecule has 2 unspecified atom stereocenters. The highest BCUT2D eigenvalue weighted by molar-refractivity contribution is 7.80. The van der Waals surface area contributed by atoms with Gasteiger partial charge in [0.2, 0.25) is 0 Å². The maximum absolute atomic E-state index is 13.8. The van der Waals surface area contributed by atoms with Crippen molar-refractivity contribution in [3.05, 3.63) is 70.7 Å². The molecule has 3 N–H and O–H groups in total. The Morgan fingerprint density at radius 2 is 2.14 bits per heavy atom. The molecular weight excluding hydrogens is 397 g/mol. The number of aliphatic hydroxyl groups excluding tert-OH is 1. The van der Waals surface area contributed by atoms with Gasteiger partial charge in [-0.15, -0.1) is 17.9 Å². The molecule has 28 heavy (non-hydrogen) atoms. The molecule has 1 amide bonds. The summed E-state index contributed by atoms with van der Waals surface area (Å²) in [6, 6.07) is 11.9. The Morgan fingerprint density at radius 3 is 2.75 bits per heavy atom. The van der Waals surface area contributed by atoms with Crippen molar-refractivity contribution in [2.24, 2.45) is 5.92 Å². The first-order valence-electron chi connectivity index (χ1n) is 8.87. The minimum atomic E-state index is -0.798. The van der Waals surface area contributed by atoms with E-state index >= 15 is 0 Å². The number of halogens is 1. The molecule has 1 saturated heterocycles. The normalized spacial score (nSPS) is 22.0. The van der Waals surface area contributed by atoms with Gasteiger partial charge in [0.1, 0.15) is 0 Å². The average Bonchev–Trinajstić information content (AvgIpc) is 3.27. The van der Waals surface area contributed by atoms with Crippen LogP contribution < -0.4 is 10.6 Å². The van der Waals surface area contributed by atoms with Crippen LogP contribution in [0.1, 0.15) is 15.2 Å². The standard InChI is InChI=1S/C20H22FN3O2S2/c1-2-10-24-11-15(12-25)20(13-24,16-8-9-17(21)28-16)23-19(27)22-18(26)14-6-4-3-5-7-14/h2-9,15,25H,1,10-13H2,(H2,22,23,26,27).